The predicted molar refractivity (Wildman–Crippen MR) is 76.2 cm³/mol. The number of likely N-dealkylation sites (N-methyl/N-ethyl adjacent to an activating group) is 1. The first-order valence-corrected chi connectivity index (χ1v) is 6.76. The van der Waals surface area contributed by atoms with E-state index in [9.17, 15) is 4.79 Å². The Balaban J connectivity index is 2.93. The van der Waals surface area contributed by atoms with E-state index in [1.165, 1.54) is 0 Å². The topological polar surface area (TPSA) is 57.2 Å². The Morgan fingerprint density at radius 1 is 1.32 bits per heavy atom. The molecule has 1 atom stereocenters. The molecule has 1 saturated heterocycles. The molecule has 0 spiro atoms. The maximum absolute atomic E-state index is 11.9. The maximum atomic E-state index is 11.9. The zero-order chi connectivity index (χ0) is 14.4. The Morgan fingerprint density at radius 3 is 2.32 bits per heavy atom. The van der Waals surface area contributed by atoms with Crippen molar-refractivity contribution < 1.29 is 9.53 Å². The van der Waals surface area contributed by atoms with E-state index in [1.807, 2.05) is 32.8 Å². The Bertz CT molecular complexity index is 323. The first kappa shape index (κ1) is 15.8. The maximum Gasteiger partial charge on any atom is 0.244 e. The number of nitrogens with one attached hydrogen (secondary N) is 1. The van der Waals surface area contributed by atoms with Crippen molar-refractivity contribution in [1.29, 1.82) is 0 Å². The molecule has 1 aliphatic rings. The van der Waals surface area contributed by atoms with Gasteiger partial charge in [-0.3, -0.25) is 4.79 Å². The highest BCUT2D eigenvalue weighted by Crippen LogP contribution is 2.10. The van der Waals surface area contributed by atoms with Gasteiger partial charge < -0.3 is 19.9 Å². The van der Waals surface area contributed by atoms with E-state index in [2.05, 4.69) is 15.2 Å². The fourth-order valence-corrected chi connectivity index (χ4v) is 2.03. The third-order valence-corrected chi connectivity index (χ3v) is 3.09. The van der Waals surface area contributed by atoms with Gasteiger partial charge >= 0.3 is 0 Å². The number of guanidine groups is 1. The molecule has 0 aliphatic carbocycles. The number of hydrogen-bond donors (Lipinski definition) is 1. The lowest BCUT2D eigenvalue weighted by atomic mass is 10.0. The largest absolute Gasteiger partial charge is 0.378 e. The van der Waals surface area contributed by atoms with Gasteiger partial charge in [-0.25, -0.2) is 4.99 Å². The highest BCUT2D eigenvalue weighted by atomic mass is 16.5. The Hall–Kier alpha value is -1.30. The molecular weight excluding hydrogens is 244 g/mol. The summed E-state index contributed by atoms with van der Waals surface area (Å²) in [5.74, 6) is 0.976. The molecule has 0 saturated carbocycles. The second kappa shape index (κ2) is 7.33. The van der Waals surface area contributed by atoms with Crippen molar-refractivity contribution in [2.75, 3.05) is 47.4 Å². The summed E-state index contributed by atoms with van der Waals surface area (Å²) in [6, 6.07) is -0.356. The number of morpholine rings is 1. The second-order valence-electron chi connectivity index (χ2n) is 5.23. The van der Waals surface area contributed by atoms with E-state index in [0.29, 0.717) is 13.2 Å². The molecule has 1 amide bonds. The third-order valence-electron chi connectivity index (χ3n) is 3.09. The van der Waals surface area contributed by atoms with E-state index < -0.39 is 0 Å². The summed E-state index contributed by atoms with van der Waals surface area (Å²) in [5.41, 5.74) is 0. The normalized spacial score (nSPS) is 18.4. The van der Waals surface area contributed by atoms with Crippen LogP contribution in [0.3, 0.4) is 0 Å². The minimum absolute atomic E-state index is 0.0393. The SMILES string of the molecule is CNC(=O)[C@@H](N=C(N(C)C)N1CCOCC1)C(C)C. The molecule has 19 heavy (non-hydrogen) atoms. The number of hydrogen-bond acceptors (Lipinski definition) is 3. The number of carbonyl (C=O) groups is 1. The standard InChI is InChI=1S/C13H26N4O2/c1-10(2)11(12(18)14-3)15-13(16(4)5)17-6-8-19-9-7-17/h10-11H,6-9H2,1-5H3,(H,14,18)/t11-/m0/s1. The molecule has 110 valence electrons. The number of amides is 1. The van der Waals surface area contributed by atoms with Crippen LogP contribution in [-0.4, -0.2) is 75.2 Å². The third kappa shape index (κ3) is 4.38. The molecule has 0 unspecified atom stereocenters. The molecule has 6 nitrogen and oxygen atoms in total. The van der Waals surface area contributed by atoms with Crippen LogP contribution in [0.25, 0.3) is 0 Å². The average molecular weight is 270 g/mol. The molecule has 1 heterocycles. The molecule has 1 aliphatic heterocycles. The minimum atomic E-state index is -0.356. The lowest BCUT2D eigenvalue weighted by Gasteiger charge is -2.34. The van der Waals surface area contributed by atoms with Crippen LogP contribution in [0.1, 0.15) is 13.8 Å². The number of aliphatic imine (C=N–C) groups is 1. The lowest BCUT2D eigenvalue weighted by molar-refractivity contribution is -0.122. The molecule has 0 bridgehead atoms. The van der Waals surface area contributed by atoms with Crippen LogP contribution in [0.4, 0.5) is 0 Å². The van der Waals surface area contributed by atoms with Crippen LogP contribution in [0, 0.1) is 5.92 Å². The van der Waals surface area contributed by atoms with Gasteiger partial charge in [-0.2, -0.15) is 0 Å². The highest BCUT2D eigenvalue weighted by molar-refractivity contribution is 5.87. The van der Waals surface area contributed by atoms with Crippen molar-refractivity contribution in [1.82, 2.24) is 15.1 Å². The Labute approximate surface area is 115 Å². The van der Waals surface area contributed by atoms with E-state index >= 15 is 0 Å². The quantitative estimate of drug-likeness (QED) is 0.580. The Kier molecular flexibility index (Phi) is 6.08. The molecule has 0 aromatic rings. The molecule has 0 aromatic carbocycles. The molecule has 1 N–H and O–H groups in total. The molecule has 0 radical (unpaired) electrons. The van der Waals surface area contributed by atoms with E-state index in [1.54, 1.807) is 7.05 Å². The minimum Gasteiger partial charge on any atom is -0.378 e. The first-order valence-electron chi connectivity index (χ1n) is 6.76. The molecule has 1 rings (SSSR count). The molecular formula is C13H26N4O2. The van der Waals surface area contributed by atoms with E-state index in [0.717, 1.165) is 19.0 Å². The van der Waals surface area contributed by atoms with Gasteiger partial charge in [-0.15, -0.1) is 0 Å². The van der Waals surface area contributed by atoms with Crippen molar-refractivity contribution in [2.24, 2.45) is 10.9 Å². The van der Waals surface area contributed by atoms with Gasteiger partial charge in [0.25, 0.3) is 0 Å². The van der Waals surface area contributed by atoms with E-state index in [-0.39, 0.29) is 17.9 Å². The fraction of sp³-hybridized carbons (Fsp3) is 0.846. The zero-order valence-corrected chi connectivity index (χ0v) is 12.6. The molecule has 0 aromatic heterocycles. The summed E-state index contributed by atoms with van der Waals surface area (Å²) < 4.78 is 5.36. The van der Waals surface area contributed by atoms with Gasteiger partial charge in [-0.1, -0.05) is 13.8 Å². The van der Waals surface area contributed by atoms with Crippen LogP contribution < -0.4 is 5.32 Å². The zero-order valence-electron chi connectivity index (χ0n) is 12.6. The lowest BCUT2D eigenvalue weighted by Crippen LogP contribution is -2.48. The highest BCUT2D eigenvalue weighted by Gasteiger charge is 2.24. The van der Waals surface area contributed by atoms with Gasteiger partial charge in [0.15, 0.2) is 5.96 Å². The summed E-state index contributed by atoms with van der Waals surface area (Å²) in [6.45, 7) is 7.06. The molecule has 1 fully saturated rings. The van der Waals surface area contributed by atoms with Gasteiger partial charge in [0.2, 0.25) is 5.91 Å². The number of carbonyl (C=O) groups excluding carboxylic acids is 1. The van der Waals surface area contributed by atoms with Crippen molar-refractivity contribution in [3.63, 3.8) is 0 Å². The average Bonchev–Trinajstić information content (AvgIpc) is 2.39. The van der Waals surface area contributed by atoms with Crippen LogP contribution in [0.15, 0.2) is 4.99 Å². The van der Waals surface area contributed by atoms with Crippen molar-refractivity contribution in [2.45, 2.75) is 19.9 Å². The second-order valence-corrected chi connectivity index (χ2v) is 5.23. The fourth-order valence-electron chi connectivity index (χ4n) is 2.03. The van der Waals surface area contributed by atoms with Crippen LogP contribution in [0.5, 0.6) is 0 Å². The smallest absolute Gasteiger partial charge is 0.244 e. The summed E-state index contributed by atoms with van der Waals surface area (Å²) >= 11 is 0. The number of rotatable bonds is 3. The van der Waals surface area contributed by atoms with Gasteiger partial charge in [0.05, 0.1) is 13.2 Å². The van der Waals surface area contributed by atoms with Crippen LogP contribution >= 0.6 is 0 Å². The predicted octanol–water partition coefficient (Wildman–Crippen LogP) is 0.00680. The Morgan fingerprint density at radius 2 is 1.89 bits per heavy atom. The number of nitrogens with zero attached hydrogens (tertiary/aromatic N) is 3. The summed E-state index contributed by atoms with van der Waals surface area (Å²) in [7, 11) is 5.56. The van der Waals surface area contributed by atoms with Crippen LogP contribution in [0.2, 0.25) is 0 Å². The van der Waals surface area contributed by atoms with Crippen molar-refractivity contribution in [3.05, 3.63) is 0 Å². The molecule has 6 heteroatoms. The van der Waals surface area contributed by atoms with Gasteiger partial charge in [0.1, 0.15) is 6.04 Å². The summed E-state index contributed by atoms with van der Waals surface area (Å²) in [6.07, 6.45) is 0. The summed E-state index contributed by atoms with van der Waals surface area (Å²) in [5, 5.41) is 2.69. The monoisotopic (exact) mass is 270 g/mol. The van der Waals surface area contributed by atoms with E-state index in [4.69, 9.17) is 4.74 Å². The number of ether oxygens (including phenoxy) is 1. The first-order chi connectivity index (χ1) is 8.97. The van der Waals surface area contributed by atoms with Gasteiger partial charge in [-0.05, 0) is 5.92 Å². The summed E-state index contributed by atoms with van der Waals surface area (Å²) in [4.78, 5) is 20.7. The van der Waals surface area contributed by atoms with Gasteiger partial charge in [0, 0.05) is 34.2 Å². The van der Waals surface area contributed by atoms with Crippen molar-refractivity contribution >= 4 is 11.9 Å². The van der Waals surface area contributed by atoms with Crippen LogP contribution in [-0.2, 0) is 9.53 Å². The van der Waals surface area contributed by atoms with Crippen molar-refractivity contribution in [3.8, 4) is 0 Å².